The molecule has 0 amide bonds. The molecule has 4 atom stereocenters. The van der Waals surface area contributed by atoms with Crippen molar-refractivity contribution in [1.82, 2.24) is 0 Å². The molecule has 0 bridgehead atoms. The first-order valence-corrected chi connectivity index (χ1v) is 10.0. The number of unbranched alkanes of at least 4 members (excludes halogenated alkanes) is 3. The maximum absolute atomic E-state index is 12.1. The molecule has 25 heavy (non-hydrogen) atoms. The van der Waals surface area contributed by atoms with Gasteiger partial charge >= 0.3 is 5.97 Å². The van der Waals surface area contributed by atoms with Gasteiger partial charge in [-0.15, -0.1) is 0 Å². The van der Waals surface area contributed by atoms with Crippen molar-refractivity contribution < 1.29 is 24.9 Å². The van der Waals surface area contributed by atoms with Gasteiger partial charge in [0.15, 0.2) is 0 Å². The molecule has 0 radical (unpaired) electrons. The van der Waals surface area contributed by atoms with E-state index >= 15 is 0 Å². The van der Waals surface area contributed by atoms with E-state index in [4.69, 9.17) is 5.11 Å². The van der Waals surface area contributed by atoms with E-state index in [0.717, 1.165) is 57.8 Å². The van der Waals surface area contributed by atoms with E-state index in [0.29, 0.717) is 31.0 Å². The lowest BCUT2D eigenvalue weighted by molar-refractivity contribution is -0.139. The molecule has 5 heteroatoms. The zero-order valence-electron chi connectivity index (χ0n) is 15.7. The van der Waals surface area contributed by atoms with E-state index in [1.807, 2.05) is 0 Å². The molecule has 146 valence electrons. The van der Waals surface area contributed by atoms with Gasteiger partial charge < -0.3 is 15.3 Å². The van der Waals surface area contributed by atoms with Crippen molar-refractivity contribution in [3.63, 3.8) is 0 Å². The molecular weight excluding hydrogens is 320 g/mol. The van der Waals surface area contributed by atoms with E-state index in [1.54, 1.807) is 0 Å². The van der Waals surface area contributed by atoms with Crippen molar-refractivity contribution >= 4 is 11.8 Å². The average Bonchev–Trinajstić information content (AvgIpc) is 2.89. The Hall–Kier alpha value is -0.940. The highest BCUT2D eigenvalue weighted by molar-refractivity contribution is 5.83. The maximum Gasteiger partial charge on any atom is 0.305 e. The molecule has 0 saturated heterocycles. The molecule has 3 N–H and O–H groups in total. The molecule has 0 spiro atoms. The third-order valence-electron chi connectivity index (χ3n) is 5.47. The minimum Gasteiger partial charge on any atom is -0.481 e. The molecular formula is C20H36O5. The molecule has 1 aliphatic rings. The summed E-state index contributed by atoms with van der Waals surface area (Å²) in [6, 6.07) is 0. The Balaban J connectivity index is 2.24. The highest BCUT2D eigenvalue weighted by Gasteiger charge is 2.33. The van der Waals surface area contributed by atoms with Crippen molar-refractivity contribution in [1.29, 1.82) is 0 Å². The molecule has 1 unspecified atom stereocenters. The van der Waals surface area contributed by atoms with Gasteiger partial charge in [0.05, 0.1) is 18.6 Å². The number of ketones is 1. The van der Waals surface area contributed by atoms with E-state index in [-0.39, 0.29) is 18.4 Å². The Morgan fingerprint density at radius 2 is 1.72 bits per heavy atom. The molecule has 1 aliphatic carbocycles. The summed E-state index contributed by atoms with van der Waals surface area (Å²) < 4.78 is 0. The third kappa shape index (κ3) is 9.36. The number of hydrogen-bond donors (Lipinski definition) is 3. The van der Waals surface area contributed by atoms with Gasteiger partial charge in [-0.3, -0.25) is 9.59 Å². The van der Waals surface area contributed by atoms with Crippen LogP contribution in [-0.2, 0) is 9.59 Å². The summed E-state index contributed by atoms with van der Waals surface area (Å²) in [7, 11) is 0. The highest BCUT2D eigenvalue weighted by atomic mass is 16.4. The van der Waals surface area contributed by atoms with Crippen LogP contribution in [-0.4, -0.2) is 39.3 Å². The molecule has 0 aromatic rings. The Labute approximate surface area is 151 Å². The van der Waals surface area contributed by atoms with Crippen LogP contribution in [0.2, 0.25) is 0 Å². The Bertz CT molecular complexity index is 396. The monoisotopic (exact) mass is 356 g/mol. The van der Waals surface area contributed by atoms with Crippen LogP contribution in [0.1, 0.15) is 90.4 Å². The molecule has 1 fully saturated rings. The van der Waals surface area contributed by atoms with Crippen molar-refractivity contribution in [2.24, 2.45) is 11.8 Å². The first-order chi connectivity index (χ1) is 11.9. The lowest BCUT2D eigenvalue weighted by Crippen LogP contribution is -2.18. The maximum atomic E-state index is 12.1. The third-order valence-corrected chi connectivity index (χ3v) is 5.47. The lowest BCUT2D eigenvalue weighted by Gasteiger charge is -2.20. The highest BCUT2D eigenvalue weighted by Crippen LogP contribution is 2.36. The van der Waals surface area contributed by atoms with Crippen molar-refractivity contribution in [3.8, 4) is 0 Å². The van der Waals surface area contributed by atoms with Gasteiger partial charge in [-0.25, -0.2) is 0 Å². The molecule has 5 nitrogen and oxygen atoms in total. The first-order valence-electron chi connectivity index (χ1n) is 10.0. The van der Waals surface area contributed by atoms with Gasteiger partial charge in [-0.2, -0.15) is 0 Å². The summed E-state index contributed by atoms with van der Waals surface area (Å²) in [6.45, 7) is 2.15. The molecule has 0 aromatic heterocycles. The van der Waals surface area contributed by atoms with Gasteiger partial charge in [0.1, 0.15) is 5.78 Å². The summed E-state index contributed by atoms with van der Waals surface area (Å²) in [5.41, 5.74) is 0. The van der Waals surface area contributed by atoms with E-state index in [2.05, 4.69) is 6.92 Å². The van der Waals surface area contributed by atoms with Crippen molar-refractivity contribution in [2.45, 2.75) is 103 Å². The summed E-state index contributed by atoms with van der Waals surface area (Å²) in [5.74, 6) is -0.139. The summed E-state index contributed by atoms with van der Waals surface area (Å²) in [4.78, 5) is 22.7. The van der Waals surface area contributed by atoms with Crippen LogP contribution in [0.3, 0.4) is 0 Å². The second-order valence-corrected chi connectivity index (χ2v) is 7.63. The second-order valence-electron chi connectivity index (χ2n) is 7.63. The number of hydrogen-bond acceptors (Lipinski definition) is 4. The summed E-state index contributed by atoms with van der Waals surface area (Å²) >= 11 is 0. The fraction of sp³-hybridized carbons (Fsp3) is 0.900. The fourth-order valence-corrected chi connectivity index (χ4v) is 3.96. The van der Waals surface area contributed by atoms with E-state index in [1.165, 1.54) is 0 Å². The number of aliphatic hydroxyl groups excluding tert-OH is 2. The zero-order valence-corrected chi connectivity index (χ0v) is 15.7. The van der Waals surface area contributed by atoms with Crippen molar-refractivity contribution in [2.75, 3.05) is 0 Å². The quantitative estimate of drug-likeness (QED) is 0.413. The normalized spacial score (nSPS) is 22.9. The largest absolute Gasteiger partial charge is 0.481 e. The topological polar surface area (TPSA) is 94.8 Å². The molecule has 0 heterocycles. The molecule has 0 aromatic carbocycles. The Kier molecular flexibility index (Phi) is 11.0. The standard InChI is InChI=1S/C20H36O5/c1-2-3-4-8-16(21)11-12-18-15(10-13-19(18)23)7-5-6-9-17(22)14-20(24)25/h15-18,21-22H,2-14H2,1H3,(H,24,25)/t15-,16-,17+,18?/m0/s1. The van der Waals surface area contributed by atoms with Crippen LogP contribution in [0, 0.1) is 11.8 Å². The van der Waals surface area contributed by atoms with Crippen LogP contribution < -0.4 is 0 Å². The number of aliphatic carboxylic acids is 1. The van der Waals surface area contributed by atoms with Crippen LogP contribution in [0.25, 0.3) is 0 Å². The molecule has 1 rings (SSSR count). The van der Waals surface area contributed by atoms with Gasteiger partial charge in [0.2, 0.25) is 0 Å². The fourth-order valence-electron chi connectivity index (χ4n) is 3.96. The summed E-state index contributed by atoms with van der Waals surface area (Å²) in [6.07, 6.45) is 9.23. The number of rotatable bonds is 14. The second kappa shape index (κ2) is 12.4. The average molecular weight is 357 g/mol. The van der Waals surface area contributed by atoms with Gasteiger partial charge in [0, 0.05) is 12.3 Å². The van der Waals surface area contributed by atoms with E-state index < -0.39 is 12.1 Å². The lowest BCUT2D eigenvalue weighted by atomic mass is 9.85. The summed E-state index contributed by atoms with van der Waals surface area (Å²) in [5, 5.41) is 28.3. The van der Waals surface area contributed by atoms with Crippen LogP contribution in [0.4, 0.5) is 0 Å². The number of aliphatic hydroxyl groups is 2. The van der Waals surface area contributed by atoms with Crippen LogP contribution >= 0.6 is 0 Å². The number of carbonyl (C=O) groups excluding carboxylic acids is 1. The van der Waals surface area contributed by atoms with Crippen LogP contribution in [0.15, 0.2) is 0 Å². The predicted octanol–water partition coefficient (Wildman–Crippen LogP) is 3.70. The smallest absolute Gasteiger partial charge is 0.305 e. The SMILES string of the molecule is CCCCC[C@H](O)CCC1C(=O)CC[C@@H]1CCCC[C@@H](O)CC(=O)O. The molecule has 1 saturated carbocycles. The minimum absolute atomic E-state index is 0.0877. The predicted molar refractivity (Wildman–Crippen MR) is 97.3 cm³/mol. The number of Topliss-reactive ketones (excluding diaryl/α,β-unsaturated/α-hetero) is 1. The zero-order chi connectivity index (χ0) is 18.7. The minimum atomic E-state index is -0.966. The Morgan fingerprint density at radius 3 is 2.40 bits per heavy atom. The van der Waals surface area contributed by atoms with Gasteiger partial charge in [-0.1, -0.05) is 39.0 Å². The number of carbonyl (C=O) groups is 2. The van der Waals surface area contributed by atoms with Gasteiger partial charge in [0.25, 0.3) is 0 Å². The number of carboxylic acids is 1. The van der Waals surface area contributed by atoms with Crippen LogP contribution in [0.5, 0.6) is 0 Å². The Morgan fingerprint density at radius 1 is 1.04 bits per heavy atom. The molecule has 0 aliphatic heterocycles. The first kappa shape index (κ1) is 22.1. The van der Waals surface area contributed by atoms with E-state index in [9.17, 15) is 19.8 Å². The van der Waals surface area contributed by atoms with Crippen molar-refractivity contribution in [3.05, 3.63) is 0 Å². The number of carboxylic acid groups (broad SMARTS) is 1. The van der Waals surface area contributed by atoms with Gasteiger partial charge in [-0.05, 0) is 44.4 Å².